The number of aliphatic hydroxyl groups excluding tert-OH is 1. The molecule has 0 bridgehead atoms. The van der Waals surface area contributed by atoms with Gasteiger partial charge in [-0.3, -0.25) is 4.79 Å². The van der Waals surface area contributed by atoms with Gasteiger partial charge in [-0.2, -0.15) is 30.3 Å². The molecule has 0 radical (unpaired) electrons. The summed E-state index contributed by atoms with van der Waals surface area (Å²) in [6.07, 6.45) is 0.379. The first-order valence-electron chi connectivity index (χ1n) is 13.3. The van der Waals surface area contributed by atoms with E-state index in [0.717, 1.165) is 27.8 Å². The Morgan fingerprint density at radius 2 is 1.34 bits per heavy atom. The zero-order chi connectivity index (χ0) is 27.9. The van der Waals surface area contributed by atoms with Crippen LogP contribution >= 0.6 is 0 Å². The van der Waals surface area contributed by atoms with E-state index in [0.29, 0.717) is 30.5 Å². The molecule has 1 aliphatic rings. The normalized spacial score (nSPS) is 13.5. The van der Waals surface area contributed by atoms with Gasteiger partial charge in [-0.15, -0.1) is 23.3 Å². The number of rotatable bonds is 7. The van der Waals surface area contributed by atoms with Gasteiger partial charge in [-0.1, -0.05) is 59.2 Å². The van der Waals surface area contributed by atoms with E-state index >= 15 is 0 Å². The molecule has 1 aliphatic heterocycles. The van der Waals surface area contributed by atoms with Gasteiger partial charge in [0, 0.05) is 17.7 Å². The van der Waals surface area contributed by atoms with Crippen LogP contribution in [0.25, 0.3) is 11.1 Å². The summed E-state index contributed by atoms with van der Waals surface area (Å²) >= 11 is 0. The van der Waals surface area contributed by atoms with E-state index in [1.165, 1.54) is 4.90 Å². The van der Waals surface area contributed by atoms with Gasteiger partial charge in [0.15, 0.2) is 6.23 Å². The molecule has 5 nitrogen and oxygen atoms in total. The summed E-state index contributed by atoms with van der Waals surface area (Å²) in [6.45, 7) is 0.414. The zero-order valence-electron chi connectivity index (χ0n) is 22.4. The molecule has 0 fully saturated rings. The summed E-state index contributed by atoms with van der Waals surface area (Å²) in [5.41, 5.74) is 6.23. The van der Waals surface area contributed by atoms with Gasteiger partial charge < -0.3 is 20.2 Å². The third kappa shape index (κ3) is 6.87. The Hall–Kier alpha value is -4.35. The summed E-state index contributed by atoms with van der Waals surface area (Å²) in [5, 5.41) is 30.4. The smallest absolute Gasteiger partial charge is 0.508 e. The fraction of sp³-hybridized carbons (Fsp3) is 0.114. The van der Waals surface area contributed by atoms with Crippen molar-refractivity contribution in [2.24, 2.45) is 0 Å². The fourth-order valence-corrected chi connectivity index (χ4v) is 5.08. The van der Waals surface area contributed by atoms with E-state index in [-0.39, 0.29) is 34.5 Å². The fourth-order valence-electron chi connectivity index (χ4n) is 5.08. The summed E-state index contributed by atoms with van der Waals surface area (Å²) in [4.78, 5) is 14.4. The van der Waals surface area contributed by atoms with Crippen molar-refractivity contribution in [1.29, 1.82) is 0 Å². The number of fused-ring (bicyclic) bond motifs is 1. The van der Waals surface area contributed by atoms with E-state index in [4.69, 9.17) is 0 Å². The Bertz CT molecular complexity index is 1490. The van der Waals surface area contributed by atoms with Crippen LogP contribution in [0.2, 0.25) is 0 Å². The SMILES string of the molecule is O=C1c2ccccc2C(O)N1CCCC(=C(c1ccc(O)cc1)c1ccc(O)cc1)[c-]1cccc1.[Fe+2].c1cc[cH-]c1. The van der Waals surface area contributed by atoms with E-state index in [2.05, 4.69) is 12.1 Å². The number of amides is 1. The predicted molar refractivity (Wildman–Crippen MR) is 158 cm³/mol. The minimum atomic E-state index is -0.932. The maximum atomic E-state index is 12.9. The van der Waals surface area contributed by atoms with Crippen molar-refractivity contribution in [1.82, 2.24) is 4.90 Å². The van der Waals surface area contributed by atoms with Gasteiger partial charge in [0.2, 0.25) is 0 Å². The van der Waals surface area contributed by atoms with Crippen LogP contribution < -0.4 is 0 Å². The molecular weight excluding hydrogens is 554 g/mol. The Balaban J connectivity index is 0.000000584. The third-order valence-corrected chi connectivity index (χ3v) is 7.03. The number of aliphatic hydroxyl groups is 1. The molecule has 41 heavy (non-hydrogen) atoms. The van der Waals surface area contributed by atoms with Gasteiger partial charge in [-0.25, -0.2) is 12.1 Å². The van der Waals surface area contributed by atoms with E-state index in [9.17, 15) is 20.1 Å². The molecule has 0 saturated heterocycles. The molecule has 0 saturated carbocycles. The van der Waals surface area contributed by atoms with Crippen LogP contribution in [0.15, 0.2) is 127 Å². The predicted octanol–water partition coefficient (Wildman–Crippen LogP) is 7.11. The van der Waals surface area contributed by atoms with E-state index < -0.39 is 6.23 Å². The number of nitrogens with zero attached hydrogens (tertiary/aromatic N) is 1. The van der Waals surface area contributed by atoms with Crippen LogP contribution in [-0.2, 0) is 17.1 Å². The van der Waals surface area contributed by atoms with Crippen molar-refractivity contribution < 1.29 is 37.2 Å². The molecule has 1 unspecified atom stereocenters. The van der Waals surface area contributed by atoms with Crippen LogP contribution in [0.5, 0.6) is 11.5 Å². The minimum absolute atomic E-state index is 0. The topological polar surface area (TPSA) is 81.0 Å². The first-order valence-corrected chi connectivity index (χ1v) is 13.3. The summed E-state index contributed by atoms with van der Waals surface area (Å²) in [6, 6.07) is 39.4. The molecule has 1 heterocycles. The molecular formula is C35H31FeNO4. The molecule has 0 aromatic heterocycles. The van der Waals surface area contributed by atoms with Crippen molar-refractivity contribution in [2.75, 3.05) is 6.54 Å². The number of phenols is 2. The number of hydrogen-bond acceptors (Lipinski definition) is 4. The molecule has 0 aliphatic carbocycles. The molecule has 6 heteroatoms. The van der Waals surface area contributed by atoms with Crippen molar-refractivity contribution in [3.8, 4) is 11.5 Å². The first-order chi connectivity index (χ1) is 19.5. The number of hydrogen-bond donors (Lipinski definition) is 3. The maximum Gasteiger partial charge on any atom is 2.00 e. The maximum absolute atomic E-state index is 12.9. The Morgan fingerprint density at radius 3 is 1.85 bits per heavy atom. The van der Waals surface area contributed by atoms with Crippen molar-refractivity contribution >= 4 is 17.1 Å². The Labute approximate surface area is 250 Å². The average Bonchev–Trinajstić information content (AvgIpc) is 3.76. The molecule has 1 amide bonds. The number of phenolic OH excluding ortho intramolecular Hbond substituents is 2. The van der Waals surface area contributed by atoms with Gasteiger partial charge in [0.1, 0.15) is 11.5 Å². The zero-order valence-corrected chi connectivity index (χ0v) is 23.5. The van der Waals surface area contributed by atoms with Crippen LogP contribution in [0.4, 0.5) is 0 Å². The molecule has 3 N–H and O–H groups in total. The Kier molecular flexibility index (Phi) is 9.99. The number of allylic oxidation sites excluding steroid dienone is 1. The van der Waals surface area contributed by atoms with Gasteiger partial charge in [0.25, 0.3) is 5.91 Å². The molecule has 1 atom stereocenters. The second-order valence-electron chi connectivity index (χ2n) is 9.65. The van der Waals surface area contributed by atoms with Crippen LogP contribution in [0.3, 0.4) is 0 Å². The van der Waals surface area contributed by atoms with Gasteiger partial charge in [0.05, 0.1) is 0 Å². The summed E-state index contributed by atoms with van der Waals surface area (Å²) in [7, 11) is 0. The van der Waals surface area contributed by atoms with Gasteiger partial charge in [-0.05, 0) is 43.2 Å². The molecule has 208 valence electrons. The average molecular weight is 585 g/mol. The third-order valence-electron chi connectivity index (χ3n) is 7.03. The standard InChI is InChI=1S/C30H26NO4.C5H5.Fe/c32-23-15-11-21(12-16-23)28(22-13-17-24(33)18-14-22)25(20-6-1-2-7-20)10-5-19-31-29(34)26-8-3-4-9-27(26)30(31)35;1-2-4-5-3-1;/h1-4,6-9,11-18,29,32-34H,5,10,19H2;1-5H;/q2*-1;+2. The monoisotopic (exact) mass is 585 g/mol. The van der Waals surface area contributed by atoms with Gasteiger partial charge >= 0.3 is 17.1 Å². The minimum Gasteiger partial charge on any atom is -0.508 e. The largest absolute Gasteiger partial charge is 2.00 e. The second kappa shape index (κ2) is 13.8. The van der Waals surface area contributed by atoms with Crippen LogP contribution in [0, 0.1) is 0 Å². The van der Waals surface area contributed by atoms with Crippen LogP contribution in [-0.4, -0.2) is 32.7 Å². The summed E-state index contributed by atoms with van der Waals surface area (Å²) < 4.78 is 0. The summed E-state index contributed by atoms with van der Waals surface area (Å²) in [5.74, 6) is 0.230. The van der Waals surface area contributed by atoms with Crippen molar-refractivity contribution in [3.63, 3.8) is 0 Å². The van der Waals surface area contributed by atoms with E-state index in [1.54, 1.807) is 36.4 Å². The second-order valence-corrected chi connectivity index (χ2v) is 9.65. The molecule has 0 spiro atoms. The quantitative estimate of drug-likeness (QED) is 0.141. The van der Waals surface area contributed by atoms with Crippen molar-refractivity contribution in [2.45, 2.75) is 19.1 Å². The molecule has 5 aromatic carbocycles. The number of aromatic hydroxyl groups is 2. The first kappa shape index (κ1) is 29.6. The number of benzene rings is 3. The van der Waals surface area contributed by atoms with Crippen molar-refractivity contribution in [3.05, 3.63) is 155 Å². The van der Waals surface area contributed by atoms with Crippen LogP contribution in [0.1, 0.15) is 51.7 Å². The number of carbonyl (C=O) groups is 1. The molecule has 6 rings (SSSR count). The number of carbonyl (C=O) groups excluding carboxylic acids is 1. The molecule has 5 aromatic rings. The Morgan fingerprint density at radius 1 is 0.780 bits per heavy atom. The van der Waals surface area contributed by atoms with E-state index in [1.807, 2.05) is 78.9 Å².